The Morgan fingerprint density at radius 2 is 2.03 bits per heavy atom. The molecule has 8 heteroatoms. The molecule has 0 radical (unpaired) electrons. The smallest absolute Gasteiger partial charge is 0.308 e. The highest BCUT2D eigenvalue weighted by Crippen LogP contribution is 2.33. The van der Waals surface area contributed by atoms with Crippen molar-refractivity contribution in [1.29, 1.82) is 0 Å². The average Bonchev–Trinajstić information content (AvgIpc) is 2.73. The van der Waals surface area contributed by atoms with Crippen molar-refractivity contribution in [2.45, 2.75) is 38.1 Å². The summed E-state index contributed by atoms with van der Waals surface area (Å²) in [6.45, 7) is 0.810. The number of carbonyl (C=O) groups excluding carboxylic acids is 3. The van der Waals surface area contributed by atoms with Gasteiger partial charge in [0.1, 0.15) is 0 Å². The first-order valence-electron chi connectivity index (χ1n) is 10.00. The van der Waals surface area contributed by atoms with Crippen molar-refractivity contribution in [2.24, 2.45) is 11.8 Å². The molecule has 2 fully saturated rings. The highest BCUT2D eigenvalue weighted by Gasteiger charge is 2.44. The summed E-state index contributed by atoms with van der Waals surface area (Å²) >= 11 is 5.35. The number of esters is 1. The van der Waals surface area contributed by atoms with Crippen molar-refractivity contribution < 1.29 is 19.1 Å². The van der Waals surface area contributed by atoms with Crippen molar-refractivity contribution in [2.75, 3.05) is 20.2 Å². The fraction of sp³-hybridized carbons (Fsp3) is 0.524. The van der Waals surface area contributed by atoms with Crippen molar-refractivity contribution in [3.63, 3.8) is 0 Å². The molecule has 156 valence electrons. The van der Waals surface area contributed by atoms with E-state index in [1.165, 1.54) is 12.0 Å². The summed E-state index contributed by atoms with van der Waals surface area (Å²) in [5.74, 6) is -0.819. The number of nitrogens with one attached hydrogen (secondary N) is 2. The Hall–Kier alpha value is -2.48. The molecule has 1 aliphatic carbocycles. The summed E-state index contributed by atoms with van der Waals surface area (Å²) in [4.78, 5) is 38.3. The van der Waals surface area contributed by atoms with Gasteiger partial charge in [-0.05, 0) is 43.5 Å². The lowest BCUT2D eigenvalue weighted by atomic mass is 9.76. The molecule has 1 heterocycles. The predicted molar refractivity (Wildman–Crippen MR) is 112 cm³/mol. The highest BCUT2D eigenvalue weighted by molar-refractivity contribution is 7.80. The van der Waals surface area contributed by atoms with E-state index >= 15 is 0 Å². The maximum Gasteiger partial charge on any atom is 0.308 e. The number of hydrogen-bond acceptors (Lipinski definition) is 5. The molecule has 1 aromatic carbocycles. The lowest BCUT2D eigenvalue weighted by Gasteiger charge is -2.43. The van der Waals surface area contributed by atoms with Crippen LogP contribution in [0, 0.1) is 11.8 Å². The van der Waals surface area contributed by atoms with Crippen molar-refractivity contribution >= 4 is 35.1 Å². The zero-order valence-corrected chi connectivity index (χ0v) is 17.4. The van der Waals surface area contributed by atoms with Crippen LogP contribution in [-0.2, 0) is 25.5 Å². The maximum atomic E-state index is 12.9. The molecule has 29 heavy (non-hydrogen) atoms. The Bertz CT molecular complexity index is 770. The molecule has 0 bridgehead atoms. The first-order chi connectivity index (χ1) is 14.0. The third-order valence-corrected chi connectivity index (χ3v) is 6.00. The molecule has 0 spiro atoms. The number of amides is 2. The molecule has 1 saturated heterocycles. The van der Waals surface area contributed by atoms with Crippen molar-refractivity contribution in [3.05, 3.63) is 35.9 Å². The molecule has 3 atom stereocenters. The van der Waals surface area contributed by atoms with Gasteiger partial charge in [-0.15, -0.1) is 0 Å². The standard InChI is InChI=1S/C21H27N3O4S/c1-28-20(27)15-7-8-16-17(13-15)23-21(29)24(19(16)26)12-10-18(25)22-11-9-14-5-3-2-4-6-14/h2-6,15-17H,7-13H2,1H3,(H,22,25)(H,23,29). The normalized spacial score (nSPS) is 23.8. The van der Waals surface area contributed by atoms with E-state index in [4.69, 9.17) is 17.0 Å². The van der Waals surface area contributed by atoms with Crippen LogP contribution < -0.4 is 10.6 Å². The fourth-order valence-electron chi connectivity index (χ4n) is 4.05. The summed E-state index contributed by atoms with van der Waals surface area (Å²) in [6.07, 6.45) is 2.74. The van der Waals surface area contributed by atoms with E-state index < -0.39 is 0 Å². The van der Waals surface area contributed by atoms with Crippen LogP contribution in [0.15, 0.2) is 30.3 Å². The summed E-state index contributed by atoms with van der Waals surface area (Å²) in [5, 5.41) is 6.41. The number of thiocarbonyl (C=S) groups is 1. The van der Waals surface area contributed by atoms with Gasteiger partial charge in [-0.1, -0.05) is 30.3 Å². The molecule has 1 aromatic rings. The summed E-state index contributed by atoms with van der Waals surface area (Å²) < 4.78 is 4.83. The van der Waals surface area contributed by atoms with Gasteiger partial charge < -0.3 is 15.4 Å². The van der Waals surface area contributed by atoms with Gasteiger partial charge in [0.15, 0.2) is 5.11 Å². The van der Waals surface area contributed by atoms with Crippen LogP contribution in [0.3, 0.4) is 0 Å². The summed E-state index contributed by atoms with van der Waals surface area (Å²) in [5.41, 5.74) is 1.16. The van der Waals surface area contributed by atoms with Crippen LogP contribution in [0.25, 0.3) is 0 Å². The third kappa shape index (κ3) is 5.32. The van der Waals surface area contributed by atoms with E-state index in [2.05, 4.69) is 10.6 Å². The molecule has 0 aromatic heterocycles. The van der Waals surface area contributed by atoms with Gasteiger partial charge in [-0.3, -0.25) is 19.3 Å². The Labute approximate surface area is 176 Å². The molecule has 2 N–H and O–H groups in total. The van der Waals surface area contributed by atoms with Crippen LogP contribution >= 0.6 is 12.2 Å². The Balaban J connectivity index is 1.45. The van der Waals surface area contributed by atoms with E-state index in [1.54, 1.807) is 0 Å². The van der Waals surface area contributed by atoms with Gasteiger partial charge in [0, 0.05) is 25.6 Å². The molecule has 3 unspecified atom stereocenters. The van der Waals surface area contributed by atoms with Gasteiger partial charge in [0.2, 0.25) is 11.8 Å². The Kier molecular flexibility index (Phi) is 7.19. The van der Waals surface area contributed by atoms with Gasteiger partial charge in [0.25, 0.3) is 0 Å². The number of methoxy groups -OCH3 is 1. The molecule has 7 nitrogen and oxygen atoms in total. The second-order valence-electron chi connectivity index (χ2n) is 7.52. The molecule has 3 rings (SSSR count). The maximum absolute atomic E-state index is 12.9. The van der Waals surface area contributed by atoms with Crippen LogP contribution in [-0.4, -0.2) is 54.0 Å². The van der Waals surface area contributed by atoms with E-state index in [9.17, 15) is 14.4 Å². The van der Waals surface area contributed by atoms with Crippen LogP contribution in [0.4, 0.5) is 0 Å². The fourth-order valence-corrected chi connectivity index (χ4v) is 4.38. The molecule has 1 aliphatic heterocycles. The number of carbonyl (C=O) groups is 3. The van der Waals surface area contributed by atoms with Crippen molar-refractivity contribution in [1.82, 2.24) is 15.5 Å². The number of benzene rings is 1. The number of hydrogen-bond donors (Lipinski definition) is 2. The zero-order valence-electron chi connectivity index (χ0n) is 16.6. The highest BCUT2D eigenvalue weighted by atomic mass is 32.1. The first-order valence-corrected chi connectivity index (χ1v) is 10.4. The Morgan fingerprint density at radius 3 is 2.76 bits per heavy atom. The van der Waals surface area contributed by atoms with Gasteiger partial charge in [-0.2, -0.15) is 0 Å². The van der Waals surface area contributed by atoms with Crippen molar-refractivity contribution in [3.8, 4) is 0 Å². The third-order valence-electron chi connectivity index (χ3n) is 5.66. The first kappa shape index (κ1) is 21.2. The topological polar surface area (TPSA) is 87.7 Å². The van der Waals surface area contributed by atoms with Crippen LogP contribution in [0.1, 0.15) is 31.2 Å². The minimum absolute atomic E-state index is 0.0563. The van der Waals surface area contributed by atoms with E-state index in [1.807, 2.05) is 30.3 Å². The lowest BCUT2D eigenvalue weighted by molar-refractivity contribution is -0.149. The second-order valence-corrected chi connectivity index (χ2v) is 7.91. The lowest BCUT2D eigenvalue weighted by Crippen LogP contribution is -2.62. The van der Waals surface area contributed by atoms with E-state index in [0.717, 1.165) is 12.0 Å². The molecular formula is C21H27N3O4S. The Morgan fingerprint density at radius 1 is 1.28 bits per heavy atom. The molecule has 2 aliphatic rings. The molecule has 2 amide bonds. The predicted octanol–water partition coefficient (Wildman–Crippen LogP) is 1.41. The van der Waals surface area contributed by atoms with Crippen LogP contribution in [0.2, 0.25) is 0 Å². The van der Waals surface area contributed by atoms with Gasteiger partial charge >= 0.3 is 5.97 Å². The zero-order chi connectivity index (χ0) is 20.8. The number of rotatable bonds is 7. The summed E-state index contributed by atoms with van der Waals surface area (Å²) in [6, 6.07) is 9.80. The number of ether oxygens (including phenoxy) is 1. The summed E-state index contributed by atoms with van der Waals surface area (Å²) in [7, 11) is 1.38. The van der Waals surface area contributed by atoms with Gasteiger partial charge in [0.05, 0.1) is 18.9 Å². The SMILES string of the molecule is COC(=O)C1CCC2C(=O)N(CCC(=O)NCCc3ccccc3)C(=S)NC2C1. The molecule has 1 saturated carbocycles. The number of nitrogens with zero attached hydrogens (tertiary/aromatic N) is 1. The van der Waals surface area contributed by atoms with Gasteiger partial charge in [-0.25, -0.2) is 0 Å². The van der Waals surface area contributed by atoms with E-state index in [0.29, 0.717) is 30.9 Å². The quantitative estimate of drug-likeness (QED) is 0.515. The van der Waals surface area contributed by atoms with Crippen LogP contribution in [0.5, 0.6) is 0 Å². The second kappa shape index (κ2) is 9.82. The minimum Gasteiger partial charge on any atom is -0.469 e. The molecular weight excluding hydrogens is 390 g/mol. The average molecular weight is 418 g/mol. The number of fused-ring (bicyclic) bond motifs is 1. The monoisotopic (exact) mass is 417 g/mol. The van der Waals surface area contributed by atoms with E-state index in [-0.39, 0.29) is 48.6 Å². The minimum atomic E-state index is -0.238. The largest absolute Gasteiger partial charge is 0.469 e.